The van der Waals surface area contributed by atoms with E-state index in [2.05, 4.69) is 79.6 Å². The normalized spacial score (nSPS) is 16.8. The lowest BCUT2D eigenvalue weighted by molar-refractivity contribution is 0.146. The highest BCUT2D eigenvalue weighted by Gasteiger charge is 2.30. The maximum absolute atomic E-state index is 3.38. The lowest BCUT2D eigenvalue weighted by Crippen LogP contribution is -2.56. The molecule has 1 aliphatic rings. The number of hydrogen-bond donors (Lipinski definition) is 1. The van der Waals surface area contributed by atoms with Gasteiger partial charge in [-0.25, -0.2) is 0 Å². The van der Waals surface area contributed by atoms with E-state index in [0.29, 0.717) is 12.1 Å². The first-order valence-corrected chi connectivity index (χ1v) is 7.71. The molecule has 0 radical (unpaired) electrons. The van der Waals surface area contributed by atoms with Gasteiger partial charge in [-0.2, -0.15) is 0 Å². The quantitative estimate of drug-likeness (QED) is 0.924. The molecule has 0 saturated carbocycles. The number of rotatable bonds is 4. The molecule has 1 aliphatic heterocycles. The lowest BCUT2D eigenvalue weighted by Gasteiger charge is -2.41. The molecule has 110 valence electrons. The molecule has 2 aromatic carbocycles. The van der Waals surface area contributed by atoms with Crippen LogP contribution >= 0.6 is 0 Å². The zero-order valence-corrected chi connectivity index (χ0v) is 13.1. The van der Waals surface area contributed by atoms with E-state index < -0.39 is 0 Å². The minimum atomic E-state index is 0.332. The first-order chi connectivity index (χ1) is 10.2. The van der Waals surface area contributed by atoms with Gasteiger partial charge in [0.2, 0.25) is 0 Å². The second-order valence-corrected chi connectivity index (χ2v) is 6.15. The summed E-state index contributed by atoms with van der Waals surface area (Å²) in [6.07, 6.45) is 0. The highest BCUT2D eigenvalue weighted by molar-refractivity contribution is 5.39. The van der Waals surface area contributed by atoms with Gasteiger partial charge in [-0.3, -0.25) is 4.90 Å². The van der Waals surface area contributed by atoms with Gasteiger partial charge in [0.1, 0.15) is 0 Å². The van der Waals surface area contributed by atoms with Crippen molar-refractivity contribution in [3.05, 3.63) is 70.8 Å². The average molecular weight is 280 g/mol. The summed E-state index contributed by atoms with van der Waals surface area (Å²) in [5.74, 6) is 0. The summed E-state index contributed by atoms with van der Waals surface area (Å²) < 4.78 is 0. The van der Waals surface area contributed by atoms with E-state index in [0.717, 1.165) is 13.1 Å². The Balaban J connectivity index is 2.05. The molecule has 0 spiro atoms. The molecule has 1 fully saturated rings. The van der Waals surface area contributed by atoms with Crippen LogP contribution in [0, 0.1) is 13.8 Å². The van der Waals surface area contributed by atoms with Crippen molar-refractivity contribution >= 4 is 0 Å². The maximum atomic E-state index is 3.38. The fourth-order valence-corrected chi connectivity index (χ4v) is 3.10. The summed E-state index contributed by atoms with van der Waals surface area (Å²) >= 11 is 0. The van der Waals surface area contributed by atoms with Crippen molar-refractivity contribution in [3.63, 3.8) is 0 Å². The third kappa shape index (κ3) is 2.87. The van der Waals surface area contributed by atoms with Gasteiger partial charge in [0.25, 0.3) is 0 Å². The van der Waals surface area contributed by atoms with Gasteiger partial charge in [0, 0.05) is 19.1 Å². The highest BCUT2D eigenvalue weighted by Crippen LogP contribution is 2.32. The van der Waals surface area contributed by atoms with E-state index in [1.807, 2.05) is 0 Å². The molecule has 0 aromatic heterocycles. The van der Waals surface area contributed by atoms with Gasteiger partial charge in [-0.1, -0.05) is 54.1 Å². The van der Waals surface area contributed by atoms with Gasteiger partial charge < -0.3 is 5.32 Å². The average Bonchev–Trinajstić information content (AvgIpc) is 2.42. The fourth-order valence-electron chi connectivity index (χ4n) is 3.10. The molecule has 1 heterocycles. The Kier molecular flexibility index (Phi) is 4.09. The van der Waals surface area contributed by atoms with Crippen LogP contribution in [0.15, 0.2) is 48.5 Å². The topological polar surface area (TPSA) is 15.3 Å². The van der Waals surface area contributed by atoms with E-state index in [1.54, 1.807) is 0 Å². The van der Waals surface area contributed by atoms with E-state index >= 15 is 0 Å². The van der Waals surface area contributed by atoms with Crippen molar-refractivity contribution in [2.45, 2.75) is 25.9 Å². The Morgan fingerprint density at radius 2 is 1.76 bits per heavy atom. The van der Waals surface area contributed by atoms with Crippen LogP contribution in [0.3, 0.4) is 0 Å². The summed E-state index contributed by atoms with van der Waals surface area (Å²) in [6.45, 7) is 6.57. The molecule has 0 amide bonds. The number of nitrogens with zero attached hydrogens (tertiary/aromatic N) is 1. The fraction of sp³-hybridized carbons (Fsp3) is 0.368. The Morgan fingerprint density at radius 1 is 1.05 bits per heavy atom. The molecular formula is C19H24N2. The number of hydrogen-bond acceptors (Lipinski definition) is 2. The molecular weight excluding hydrogens is 256 g/mol. The van der Waals surface area contributed by atoms with Gasteiger partial charge in [-0.15, -0.1) is 0 Å². The first-order valence-electron chi connectivity index (χ1n) is 7.71. The third-order valence-electron chi connectivity index (χ3n) is 4.59. The van der Waals surface area contributed by atoms with Crippen LogP contribution < -0.4 is 5.32 Å². The van der Waals surface area contributed by atoms with Crippen LogP contribution in [0.5, 0.6) is 0 Å². The van der Waals surface area contributed by atoms with Crippen LogP contribution in [0.1, 0.15) is 28.3 Å². The molecule has 2 heteroatoms. The molecule has 1 saturated heterocycles. The SMILES string of the molecule is Cc1ccc(C)c(C(c2ccccc2)N(C)C2CNC2)c1. The van der Waals surface area contributed by atoms with Crippen LogP contribution in [0.2, 0.25) is 0 Å². The molecule has 2 aromatic rings. The smallest absolute Gasteiger partial charge is 0.0605 e. The second kappa shape index (κ2) is 6.00. The molecule has 3 rings (SSSR count). The minimum absolute atomic E-state index is 0.332. The molecule has 0 bridgehead atoms. The molecule has 1 N–H and O–H groups in total. The van der Waals surface area contributed by atoms with E-state index in [4.69, 9.17) is 0 Å². The van der Waals surface area contributed by atoms with E-state index in [9.17, 15) is 0 Å². The summed E-state index contributed by atoms with van der Waals surface area (Å²) in [5.41, 5.74) is 5.50. The predicted molar refractivity (Wildman–Crippen MR) is 88.6 cm³/mol. The van der Waals surface area contributed by atoms with E-state index in [-0.39, 0.29) is 0 Å². The monoisotopic (exact) mass is 280 g/mol. The number of aryl methyl sites for hydroxylation is 2. The highest BCUT2D eigenvalue weighted by atomic mass is 15.2. The predicted octanol–water partition coefficient (Wildman–Crippen LogP) is 3.30. The van der Waals surface area contributed by atoms with Crippen LogP contribution in [-0.4, -0.2) is 31.1 Å². The van der Waals surface area contributed by atoms with Gasteiger partial charge in [0.05, 0.1) is 6.04 Å². The van der Waals surface area contributed by atoms with Crippen molar-refractivity contribution in [2.75, 3.05) is 20.1 Å². The lowest BCUT2D eigenvalue weighted by atomic mass is 9.91. The van der Waals surface area contributed by atoms with Crippen molar-refractivity contribution in [2.24, 2.45) is 0 Å². The molecule has 2 nitrogen and oxygen atoms in total. The van der Waals surface area contributed by atoms with Crippen molar-refractivity contribution in [1.82, 2.24) is 10.2 Å². The zero-order valence-electron chi connectivity index (χ0n) is 13.1. The van der Waals surface area contributed by atoms with Crippen molar-refractivity contribution in [3.8, 4) is 0 Å². The molecule has 21 heavy (non-hydrogen) atoms. The Bertz CT molecular complexity index is 602. The molecule has 1 unspecified atom stereocenters. The number of benzene rings is 2. The van der Waals surface area contributed by atoms with Crippen LogP contribution in [0.4, 0.5) is 0 Å². The number of nitrogens with one attached hydrogen (secondary N) is 1. The minimum Gasteiger partial charge on any atom is -0.314 e. The molecule has 1 atom stereocenters. The summed E-state index contributed by atoms with van der Waals surface area (Å²) in [7, 11) is 2.25. The Labute approximate surface area is 127 Å². The van der Waals surface area contributed by atoms with Gasteiger partial charge in [-0.05, 0) is 37.6 Å². The zero-order chi connectivity index (χ0) is 14.8. The van der Waals surface area contributed by atoms with Crippen LogP contribution in [-0.2, 0) is 0 Å². The third-order valence-corrected chi connectivity index (χ3v) is 4.59. The largest absolute Gasteiger partial charge is 0.314 e. The van der Waals surface area contributed by atoms with Crippen molar-refractivity contribution in [1.29, 1.82) is 0 Å². The Morgan fingerprint density at radius 3 is 2.38 bits per heavy atom. The summed E-state index contributed by atoms with van der Waals surface area (Å²) in [6, 6.07) is 18.6. The van der Waals surface area contributed by atoms with Crippen molar-refractivity contribution < 1.29 is 0 Å². The standard InChI is InChI=1S/C19H24N2/c1-14-9-10-15(2)18(11-14)19(16-7-5-4-6-8-16)21(3)17-12-20-13-17/h4-11,17,19-20H,12-13H2,1-3H3. The Hall–Kier alpha value is -1.64. The summed E-state index contributed by atoms with van der Waals surface area (Å²) in [4.78, 5) is 2.52. The van der Waals surface area contributed by atoms with Gasteiger partial charge in [0.15, 0.2) is 0 Å². The molecule has 0 aliphatic carbocycles. The first kappa shape index (κ1) is 14.3. The van der Waals surface area contributed by atoms with E-state index in [1.165, 1.54) is 22.3 Å². The summed E-state index contributed by atoms with van der Waals surface area (Å²) in [5, 5.41) is 3.38. The maximum Gasteiger partial charge on any atom is 0.0605 e. The number of likely N-dealkylation sites (N-methyl/N-ethyl adjacent to an activating group) is 1. The second-order valence-electron chi connectivity index (χ2n) is 6.15. The van der Waals surface area contributed by atoms with Gasteiger partial charge >= 0.3 is 0 Å². The van der Waals surface area contributed by atoms with Crippen LogP contribution in [0.25, 0.3) is 0 Å².